The van der Waals surface area contributed by atoms with Crippen LogP contribution in [0.4, 0.5) is 0 Å². The molecule has 0 aliphatic heterocycles. The van der Waals surface area contributed by atoms with Crippen LogP contribution in [0.2, 0.25) is 0 Å². The van der Waals surface area contributed by atoms with Gasteiger partial charge in [0.1, 0.15) is 0 Å². The molecule has 0 aliphatic rings. The third-order valence-electron chi connectivity index (χ3n) is 0. The van der Waals surface area contributed by atoms with Crippen LogP contribution in [0, 0.1) is 0 Å². The second-order valence-electron chi connectivity index (χ2n) is 0. The summed E-state index contributed by atoms with van der Waals surface area (Å²) in [7, 11) is 0. The van der Waals surface area contributed by atoms with Crippen molar-refractivity contribution in [1.82, 2.24) is 0 Å². The summed E-state index contributed by atoms with van der Waals surface area (Å²) in [4.78, 5) is 0. The minimum absolute atomic E-state index is 0. The second-order valence-corrected chi connectivity index (χ2v) is 0. The van der Waals surface area contributed by atoms with Gasteiger partial charge in [-0.3, -0.25) is 0 Å². The van der Waals surface area contributed by atoms with Crippen molar-refractivity contribution in [2.45, 2.75) is 0 Å². The molecule has 0 rings (SSSR count). The van der Waals surface area contributed by atoms with E-state index in [1.165, 1.54) is 0 Å². The molecule has 0 heterocycles. The quantitative estimate of drug-likeness (QED) is 0.496. The first-order chi connectivity index (χ1) is 0. The summed E-state index contributed by atoms with van der Waals surface area (Å²) in [6.45, 7) is 0. The molecule has 0 radical (unpaired) electrons. The smallest absolute Gasteiger partial charge is 0 e. The van der Waals surface area contributed by atoms with E-state index in [0.717, 1.165) is 0 Å². The van der Waals surface area contributed by atoms with Crippen molar-refractivity contribution in [2.24, 2.45) is 0 Å². The average Bonchev–Trinajstić information content (AvgIpc) is 0. The van der Waals surface area contributed by atoms with Crippen molar-refractivity contribution in [2.75, 3.05) is 0 Å². The van der Waals surface area contributed by atoms with Crippen LogP contribution in [0.5, 0.6) is 0 Å². The number of rotatable bonds is 0. The van der Waals surface area contributed by atoms with Gasteiger partial charge in [-0.2, -0.15) is 0 Å². The van der Waals surface area contributed by atoms with Gasteiger partial charge in [-0.15, -0.1) is 74.4 Å². The summed E-state index contributed by atoms with van der Waals surface area (Å²) in [5, 5.41) is 0. The van der Waals surface area contributed by atoms with Crippen molar-refractivity contribution in [3.63, 3.8) is 0 Å². The molecule has 58 valence electrons. The van der Waals surface area contributed by atoms with Crippen LogP contribution in [0.1, 0.15) is 0 Å². The molecule has 0 fully saturated rings. The molecule has 0 aromatic rings. The second kappa shape index (κ2) is 68.6. The van der Waals surface area contributed by atoms with Crippen LogP contribution in [-0.4, -0.2) is 51.4 Å². The molecule has 0 aromatic carbocycles. The fourth-order valence-electron chi connectivity index (χ4n) is 0. The zero-order valence-corrected chi connectivity index (χ0v) is 10.2. The fourth-order valence-corrected chi connectivity index (χ4v) is 0. The Labute approximate surface area is 142 Å². The Morgan fingerprint density at radius 3 is 0.375 bits per heavy atom. The Morgan fingerprint density at radius 2 is 0.375 bits per heavy atom. The first-order valence-electron chi connectivity index (χ1n) is 0. The molecule has 0 aromatic heterocycles. The Morgan fingerprint density at radius 1 is 0.375 bits per heavy atom. The van der Waals surface area contributed by atoms with E-state index >= 15 is 0 Å². The van der Waals surface area contributed by atoms with E-state index in [2.05, 4.69) is 0 Å². The Hall–Kier alpha value is 4.01. The average molecular weight is 449 g/mol. The van der Waals surface area contributed by atoms with E-state index in [4.69, 9.17) is 0 Å². The van der Waals surface area contributed by atoms with Crippen molar-refractivity contribution in [1.29, 1.82) is 0 Å². The van der Waals surface area contributed by atoms with Gasteiger partial charge in [0.25, 0.3) is 0 Å². The van der Waals surface area contributed by atoms with Crippen LogP contribution < -0.4 is 0 Å². The van der Waals surface area contributed by atoms with Crippen LogP contribution >= 0.6 is 74.4 Å². The fraction of sp³-hybridized carbons (Fsp3) is 0. The molecule has 0 bridgehead atoms. The van der Waals surface area contributed by atoms with Crippen LogP contribution in [0.15, 0.2) is 0 Å². The van der Waals surface area contributed by atoms with Gasteiger partial charge in [-0.05, 0) is 0 Å². The molecule has 0 nitrogen and oxygen atoms in total. The standard InChI is InChI=1S/6ClH.K.Os.H/h6*1H;;;. The zero-order chi connectivity index (χ0) is 0. The van der Waals surface area contributed by atoms with E-state index < -0.39 is 0 Å². The summed E-state index contributed by atoms with van der Waals surface area (Å²) in [5.41, 5.74) is 0. The third kappa shape index (κ3) is 50.5. The molecule has 0 atom stereocenters. The number of hydrogen-bond donors (Lipinski definition) is 0. The number of halogens is 6. The molecule has 8 heteroatoms. The van der Waals surface area contributed by atoms with E-state index in [9.17, 15) is 0 Å². The van der Waals surface area contributed by atoms with Gasteiger partial charge in [0, 0.05) is 19.8 Å². The Balaban J connectivity index is 0. The van der Waals surface area contributed by atoms with Gasteiger partial charge in [0.2, 0.25) is 0 Å². The molecule has 0 saturated heterocycles. The first kappa shape index (κ1) is 90.5. The Kier molecular flexibility index (Phi) is 776. The topological polar surface area (TPSA) is 0 Å². The zero-order valence-electron chi connectivity index (χ0n) is 2.80. The van der Waals surface area contributed by atoms with Crippen LogP contribution in [-0.2, 0) is 19.8 Å². The van der Waals surface area contributed by atoms with Gasteiger partial charge in [-0.1, -0.05) is 0 Å². The van der Waals surface area contributed by atoms with Gasteiger partial charge >= 0.3 is 51.4 Å². The van der Waals surface area contributed by atoms with Gasteiger partial charge < -0.3 is 0 Å². The minimum atomic E-state index is 0. The summed E-state index contributed by atoms with van der Waals surface area (Å²) < 4.78 is 0. The van der Waals surface area contributed by atoms with Gasteiger partial charge in [-0.25, -0.2) is 0 Å². The molecular weight excluding hydrogens is 442 g/mol. The third-order valence-corrected chi connectivity index (χ3v) is 0. The molecule has 0 aliphatic carbocycles. The molecule has 0 spiro atoms. The maximum absolute atomic E-state index is 0. The maximum Gasteiger partial charge on any atom is 0 e. The van der Waals surface area contributed by atoms with Crippen molar-refractivity contribution in [3.05, 3.63) is 0 Å². The van der Waals surface area contributed by atoms with E-state index in [-0.39, 0.29) is 146 Å². The molecule has 0 unspecified atom stereocenters. The van der Waals surface area contributed by atoms with Crippen LogP contribution in [0.3, 0.4) is 0 Å². The number of hydrogen-bond acceptors (Lipinski definition) is 0. The summed E-state index contributed by atoms with van der Waals surface area (Å²) in [5.74, 6) is 0. The molecule has 8 heavy (non-hydrogen) atoms. The summed E-state index contributed by atoms with van der Waals surface area (Å²) in [6, 6.07) is 0. The normalized spacial score (nSPS) is 0. The van der Waals surface area contributed by atoms with Gasteiger partial charge in [0.05, 0.1) is 0 Å². The molecular formula is H7Cl6KOs. The van der Waals surface area contributed by atoms with Crippen molar-refractivity contribution >= 4 is 126 Å². The van der Waals surface area contributed by atoms with E-state index in [1.54, 1.807) is 0 Å². The molecule has 0 saturated carbocycles. The first-order valence-corrected chi connectivity index (χ1v) is 0. The Bertz CT molecular complexity index is 8.49. The predicted molar refractivity (Wildman–Crippen MR) is 50.6 cm³/mol. The largest absolute Gasteiger partial charge is 0 e. The molecule has 0 amide bonds. The van der Waals surface area contributed by atoms with Crippen LogP contribution in [0.25, 0.3) is 0 Å². The molecule has 0 N–H and O–H groups in total. The van der Waals surface area contributed by atoms with E-state index in [0.29, 0.717) is 0 Å². The SMILES string of the molecule is Cl.Cl.Cl.Cl.Cl.Cl.[KH].[Os]. The predicted octanol–water partition coefficient (Wildman–Crippen LogP) is 1.88. The minimum Gasteiger partial charge on any atom is 0 e. The summed E-state index contributed by atoms with van der Waals surface area (Å²) >= 11 is 0. The van der Waals surface area contributed by atoms with Gasteiger partial charge in [0.15, 0.2) is 0 Å². The van der Waals surface area contributed by atoms with Crippen molar-refractivity contribution in [3.8, 4) is 0 Å². The maximum atomic E-state index is 0. The summed E-state index contributed by atoms with van der Waals surface area (Å²) in [6.07, 6.45) is 0. The van der Waals surface area contributed by atoms with Crippen molar-refractivity contribution < 1.29 is 19.8 Å². The monoisotopic (exact) mass is 448 g/mol. The van der Waals surface area contributed by atoms with E-state index in [1.807, 2.05) is 0 Å².